The third-order valence-corrected chi connectivity index (χ3v) is 4.79. The predicted molar refractivity (Wildman–Crippen MR) is 98.3 cm³/mol. The van der Waals surface area contributed by atoms with Gasteiger partial charge in [0.25, 0.3) is 0 Å². The molecule has 154 valence electrons. The topological polar surface area (TPSA) is 149 Å². The van der Waals surface area contributed by atoms with Gasteiger partial charge in [0.1, 0.15) is 41.7 Å². The molecule has 0 amide bonds. The lowest BCUT2D eigenvalue weighted by Crippen LogP contribution is -2.53. The Kier molecular flexibility index (Phi) is 4.97. The summed E-state index contributed by atoms with van der Waals surface area (Å²) in [5.41, 5.74) is 0.826. The Bertz CT molecular complexity index is 912. The lowest BCUT2D eigenvalue weighted by molar-refractivity contribution is -0.257. The number of allylic oxidation sites excluding steroid dienone is 2. The summed E-state index contributed by atoms with van der Waals surface area (Å²) in [6, 6.07) is 6.04. The lowest BCUT2D eigenvalue weighted by atomic mass is 9.97. The quantitative estimate of drug-likeness (QED) is 0.429. The molecule has 1 aromatic rings. The highest BCUT2D eigenvalue weighted by molar-refractivity contribution is 5.68. The van der Waals surface area contributed by atoms with Crippen LogP contribution in [0.3, 0.4) is 0 Å². The van der Waals surface area contributed by atoms with Gasteiger partial charge in [0.2, 0.25) is 6.29 Å². The van der Waals surface area contributed by atoms with E-state index in [4.69, 9.17) is 14.2 Å². The molecule has 1 aliphatic carbocycles. The van der Waals surface area contributed by atoms with Crippen LogP contribution in [0.2, 0.25) is 0 Å². The molecule has 2 aliphatic heterocycles. The standard InChI is InChI=1S/C20H20O9/c21-10-3-1-9(2-4-10)19-16(29-20-18(26)17(25)14(24)8-27-20)7-12-13(23)5-11(22)6-15(12)28-19/h1-7,14-15,17-18,20-26H,8H2/t14-,15?,17+,18-,20+/m1/s1. The minimum absolute atomic E-state index is 0.0442. The van der Waals surface area contributed by atoms with Crippen molar-refractivity contribution in [1.82, 2.24) is 0 Å². The second-order valence-corrected chi connectivity index (χ2v) is 6.87. The molecule has 1 saturated heterocycles. The summed E-state index contributed by atoms with van der Waals surface area (Å²) in [5, 5.41) is 59.1. The van der Waals surface area contributed by atoms with Crippen molar-refractivity contribution in [2.75, 3.05) is 6.61 Å². The number of aromatic hydroxyl groups is 1. The van der Waals surface area contributed by atoms with Crippen LogP contribution >= 0.6 is 0 Å². The van der Waals surface area contributed by atoms with E-state index >= 15 is 0 Å². The smallest absolute Gasteiger partial charge is 0.229 e. The van der Waals surface area contributed by atoms with Crippen LogP contribution in [0.1, 0.15) is 5.56 Å². The number of phenols is 1. The lowest BCUT2D eigenvalue weighted by Gasteiger charge is -2.36. The van der Waals surface area contributed by atoms with Gasteiger partial charge in [-0.15, -0.1) is 0 Å². The van der Waals surface area contributed by atoms with E-state index < -0.39 is 30.7 Å². The van der Waals surface area contributed by atoms with E-state index in [0.29, 0.717) is 11.1 Å². The second kappa shape index (κ2) is 7.45. The van der Waals surface area contributed by atoms with E-state index in [1.165, 1.54) is 24.3 Å². The largest absolute Gasteiger partial charge is 0.508 e. The van der Waals surface area contributed by atoms with Crippen molar-refractivity contribution in [3.05, 3.63) is 70.9 Å². The maximum atomic E-state index is 10.2. The summed E-state index contributed by atoms with van der Waals surface area (Å²) in [5.74, 6) is -0.0512. The van der Waals surface area contributed by atoms with Crippen LogP contribution in [0.15, 0.2) is 65.3 Å². The normalized spacial score (nSPS) is 31.8. The van der Waals surface area contributed by atoms with Gasteiger partial charge in [-0.1, -0.05) is 0 Å². The third-order valence-electron chi connectivity index (χ3n) is 4.79. The second-order valence-electron chi connectivity index (χ2n) is 6.87. The highest BCUT2D eigenvalue weighted by atomic mass is 16.7. The Morgan fingerprint density at radius 1 is 0.931 bits per heavy atom. The summed E-state index contributed by atoms with van der Waals surface area (Å²) in [6.45, 7) is -0.244. The Morgan fingerprint density at radius 3 is 2.38 bits per heavy atom. The molecule has 29 heavy (non-hydrogen) atoms. The molecule has 5 atom stereocenters. The first-order valence-electron chi connectivity index (χ1n) is 8.89. The highest BCUT2D eigenvalue weighted by Crippen LogP contribution is 2.37. The summed E-state index contributed by atoms with van der Waals surface area (Å²) in [6.07, 6.45) is -2.30. The predicted octanol–water partition coefficient (Wildman–Crippen LogP) is 0.739. The zero-order chi connectivity index (χ0) is 20.7. The fraction of sp³-hybridized carbons (Fsp3) is 0.300. The summed E-state index contributed by atoms with van der Waals surface area (Å²) in [4.78, 5) is 0. The molecule has 0 spiro atoms. The maximum absolute atomic E-state index is 10.2. The van der Waals surface area contributed by atoms with E-state index in [0.717, 1.165) is 6.08 Å². The first-order valence-corrected chi connectivity index (χ1v) is 8.89. The first kappa shape index (κ1) is 19.3. The molecule has 3 aliphatic rings. The van der Waals surface area contributed by atoms with Crippen LogP contribution in [-0.2, 0) is 14.2 Å². The SMILES string of the molecule is OC1=CC2OC(c3ccc(O)cc3)=C(O[C@@H]3OC[C@@H](O)[C@H](O)[C@H]3O)C=C2C(O)=C1. The van der Waals surface area contributed by atoms with Crippen molar-refractivity contribution in [3.63, 3.8) is 0 Å². The van der Waals surface area contributed by atoms with Gasteiger partial charge in [0.15, 0.2) is 11.5 Å². The number of aliphatic hydroxyl groups is 5. The monoisotopic (exact) mass is 404 g/mol. The molecule has 9 heteroatoms. The van der Waals surface area contributed by atoms with Gasteiger partial charge in [-0.2, -0.15) is 0 Å². The van der Waals surface area contributed by atoms with Gasteiger partial charge in [-0.05, 0) is 30.3 Å². The van der Waals surface area contributed by atoms with Crippen LogP contribution in [0.25, 0.3) is 5.76 Å². The molecular formula is C20H20O9. The molecule has 1 fully saturated rings. The van der Waals surface area contributed by atoms with Crippen molar-refractivity contribution in [1.29, 1.82) is 0 Å². The average molecular weight is 404 g/mol. The van der Waals surface area contributed by atoms with Gasteiger partial charge in [0, 0.05) is 23.3 Å². The van der Waals surface area contributed by atoms with Crippen LogP contribution in [-0.4, -0.2) is 68.0 Å². The number of benzene rings is 1. The van der Waals surface area contributed by atoms with E-state index in [1.807, 2.05) is 0 Å². The molecular weight excluding hydrogens is 384 g/mol. The molecule has 4 rings (SSSR count). The average Bonchev–Trinajstić information content (AvgIpc) is 2.69. The Hall–Kier alpha value is -2.98. The molecule has 0 aromatic heterocycles. The number of phenolic OH excluding ortho intramolecular Hbond substituents is 1. The van der Waals surface area contributed by atoms with Gasteiger partial charge >= 0.3 is 0 Å². The maximum Gasteiger partial charge on any atom is 0.229 e. The van der Waals surface area contributed by atoms with Crippen LogP contribution in [0.4, 0.5) is 0 Å². The van der Waals surface area contributed by atoms with Crippen molar-refractivity contribution in [2.45, 2.75) is 30.7 Å². The number of aliphatic hydroxyl groups excluding tert-OH is 5. The molecule has 6 N–H and O–H groups in total. The van der Waals surface area contributed by atoms with Crippen LogP contribution < -0.4 is 0 Å². The Morgan fingerprint density at radius 2 is 1.66 bits per heavy atom. The summed E-state index contributed by atoms with van der Waals surface area (Å²) in [7, 11) is 0. The van der Waals surface area contributed by atoms with Crippen molar-refractivity contribution in [3.8, 4) is 5.75 Å². The number of fused-ring (bicyclic) bond motifs is 1. The summed E-state index contributed by atoms with van der Waals surface area (Å²) < 4.78 is 16.9. The zero-order valence-corrected chi connectivity index (χ0v) is 15.0. The molecule has 1 unspecified atom stereocenters. The molecule has 0 bridgehead atoms. The summed E-state index contributed by atoms with van der Waals surface area (Å²) >= 11 is 0. The van der Waals surface area contributed by atoms with E-state index in [-0.39, 0.29) is 35.4 Å². The van der Waals surface area contributed by atoms with E-state index in [9.17, 15) is 30.6 Å². The fourth-order valence-corrected chi connectivity index (χ4v) is 3.23. The number of ether oxygens (including phenoxy) is 3. The number of hydrogen-bond acceptors (Lipinski definition) is 9. The zero-order valence-electron chi connectivity index (χ0n) is 15.0. The van der Waals surface area contributed by atoms with E-state index in [1.54, 1.807) is 12.1 Å². The van der Waals surface area contributed by atoms with Crippen molar-refractivity contribution in [2.24, 2.45) is 0 Å². The minimum Gasteiger partial charge on any atom is -0.508 e. The highest BCUT2D eigenvalue weighted by Gasteiger charge is 2.40. The van der Waals surface area contributed by atoms with E-state index in [2.05, 4.69) is 0 Å². The van der Waals surface area contributed by atoms with Gasteiger partial charge in [-0.25, -0.2) is 0 Å². The molecule has 2 heterocycles. The molecule has 0 saturated carbocycles. The van der Waals surface area contributed by atoms with Crippen molar-refractivity contribution >= 4 is 5.76 Å². The first-order chi connectivity index (χ1) is 13.8. The van der Waals surface area contributed by atoms with Crippen molar-refractivity contribution < 1.29 is 44.8 Å². The number of rotatable bonds is 3. The minimum atomic E-state index is -1.53. The Balaban J connectivity index is 1.72. The molecule has 1 aromatic carbocycles. The van der Waals surface area contributed by atoms with Gasteiger partial charge in [-0.3, -0.25) is 0 Å². The fourth-order valence-electron chi connectivity index (χ4n) is 3.23. The van der Waals surface area contributed by atoms with Gasteiger partial charge < -0.3 is 44.8 Å². The number of hydrogen-bond donors (Lipinski definition) is 6. The Labute approximate surface area is 165 Å². The van der Waals surface area contributed by atoms with Crippen LogP contribution in [0, 0.1) is 0 Å². The molecule has 0 radical (unpaired) electrons. The third kappa shape index (κ3) is 3.68. The van der Waals surface area contributed by atoms with Crippen LogP contribution in [0.5, 0.6) is 5.75 Å². The molecule has 9 nitrogen and oxygen atoms in total. The van der Waals surface area contributed by atoms with Gasteiger partial charge in [0.05, 0.1) is 6.61 Å².